The minimum atomic E-state index is 0.571. The van der Waals surface area contributed by atoms with E-state index in [1.54, 1.807) is 6.33 Å². The van der Waals surface area contributed by atoms with Crippen LogP contribution in [0.3, 0.4) is 0 Å². The lowest BCUT2D eigenvalue weighted by Gasteiger charge is -2.08. The molecule has 1 aromatic rings. The van der Waals surface area contributed by atoms with Crippen LogP contribution in [0.2, 0.25) is 0 Å². The van der Waals surface area contributed by atoms with Crippen LogP contribution in [0.15, 0.2) is 6.33 Å². The topological polar surface area (TPSA) is 56.7 Å². The lowest BCUT2D eigenvalue weighted by Crippen LogP contribution is -2.13. The van der Waals surface area contributed by atoms with Gasteiger partial charge in [0.2, 0.25) is 0 Å². The summed E-state index contributed by atoms with van der Waals surface area (Å²) in [6.07, 6.45) is 4.82. The van der Waals surface area contributed by atoms with Gasteiger partial charge in [0.05, 0.1) is 0 Å². The Morgan fingerprint density at radius 3 is 3.00 bits per heavy atom. The van der Waals surface area contributed by atoms with Gasteiger partial charge in [-0.2, -0.15) is 5.10 Å². The minimum absolute atomic E-state index is 0.571. The molecule has 0 aliphatic rings. The second kappa shape index (κ2) is 5.75. The first-order valence-corrected chi connectivity index (χ1v) is 5.34. The first kappa shape index (κ1) is 11.2. The Morgan fingerprint density at radius 1 is 1.57 bits per heavy atom. The number of aryl methyl sites for hydroxylation is 2. The van der Waals surface area contributed by atoms with Gasteiger partial charge in [-0.05, 0) is 25.3 Å². The maximum absolute atomic E-state index is 5.57. The van der Waals surface area contributed by atoms with Crippen LogP contribution in [0.5, 0.6) is 0 Å². The molecule has 0 aromatic carbocycles. The molecular formula is C10H20N4. The van der Waals surface area contributed by atoms with Crippen molar-refractivity contribution in [2.75, 3.05) is 6.54 Å². The zero-order valence-electron chi connectivity index (χ0n) is 9.11. The molecule has 0 spiro atoms. The van der Waals surface area contributed by atoms with Crippen molar-refractivity contribution in [3.8, 4) is 0 Å². The predicted octanol–water partition coefficient (Wildman–Crippen LogP) is 1.22. The minimum Gasteiger partial charge on any atom is -0.330 e. The summed E-state index contributed by atoms with van der Waals surface area (Å²) in [5, 5.41) is 4.18. The quantitative estimate of drug-likeness (QED) is 0.744. The predicted molar refractivity (Wildman–Crippen MR) is 56.9 cm³/mol. The number of hydrogen-bond acceptors (Lipinski definition) is 3. The zero-order valence-corrected chi connectivity index (χ0v) is 9.11. The van der Waals surface area contributed by atoms with Gasteiger partial charge in [-0.1, -0.05) is 13.8 Å². The van der Waals surface area contributed by atoms with Crippen LogP contribution in [0, 0.1) is 5.92 Å². The van der Waals surface area contributed by atoms with Crippen LogP contribution in [-0.2, 0) is 13.0 Å². The van der Waals surface area contributed by atoms with Crippen LogP contribution in [0.1, 0.15) is 32.5 Å². The van der Waals surface area contributed by atoms with E-state index in [2.05, 4.69) is 23.9 Å². The Bertz CT molecular complexity index is 256. The average molecular weight is 196 g/mol. The largest absolute Gasteiger partial charge is 0.330 e. The molecule has 0 saturated heterocycles. The third-order valence-electron chi connectivity index (χ3n) is 2.39. The van der Waals surface area contributed by atoms with Crippen molar-refractivity contribution in [2.24, 2.45) is 11.7 Å². The van der Waals surface area contributed by atoms with E-state index >= 15 is 0 Å². The van der Waals surface area contributed by atoms with Gasteiger partial charge in [0, 0.05) is 13.0 Å². The highest BCUT2D eigenvalue weighted by atomic mass is 15.3. The lowest BCUT2D eigenvalue weighted by atomic mass is 10.1. The maximum atomic E-state index is 5.57. The monoisotopic (exact) mass is 196 g/mol. The Labute approximate surface area is 85.5 Å². The molecule has 4 nitrogen and oxygen atoms in total. The number of nitrogens with two attached hydrogens (primary N) is 1. The van der Waals surface area contributed by atoms with Crippen LogP contribution < -0.4 is 5.73 Å². The van der Waals surface area contributed by atoms with Crippen LogP contribution >= 0.6 is 0 Å². The Morgan fingerprint density at radius 2 is 2.36 bits per heavy atom. The van der Waals surface area contributed by atoms with Crippen molar-refractivity contribution in [3.63, 3.8) is 0 Å². The summed E-state index contributed by atoms with van der Waals surface area (Å²) in [7, 11) is 0. The zero-order chi connectivity index (χ0) is 10.4. The van der Waals surface area contributed by atoms with E-state index in [0.29, 0.717) is 5.92 Å². The Kier molecular flexibility index (Phi) is 4.59. The molecule has 1 unspecified atom stereocenters. The Balaban J connectivity index is 2.45. The van der Waals surface area contributed by atoms with Gasteiger partial charge < -0.3 is 5.73 Å². The molecule has 0 amide bonds. The number of aromatic nitrogens is 3. The van der Waals surface area contributed by atoms with Crippen molar-refractivity contribution < 1.29 is 0 Å². The van der Waals surface area contributed by atoms with E-state index in [4.69, 9.17) is 5.73 Å². The molecule has 80 valence electrons. The first-order chi connectivity index (χ1) is 6.77. The average Bonchev–Trinajstić information content (AvgIpc) is 2.62. The molecule has 2 N–H and O–H groups in total. The standard InChI is InChI=1S/C10H20N4/c1-3-6-14-10(12-8-13-14)5-4-9(2)7-11/h8-9H,3-7,11H2,1-2H3. The van der Waals surface area contributed by atoms with Gasteiger partial charge in [0.15, 0.2) is 0 Å². The molecule has 1 aromatic heterocycles. The molecule has 1 heterocycles. The van der Waals surface area contributed by atoms with Crippen molar-refractivity contribution in [1.29, 1.82) is 0 Å². The molecule has 0 bridgehead atoms. The van der Waals surface area contributed by atoms with Gasteiger partial charge in [0.1, 0.15) is 12.2 Å². The normalized spacial score (nSPS) is 13.1. The van der Waals surface area contributed by atoms with Gasteiger partial charge in [-0.15, -0.1) is 0 Å². The third kappa shape index (κ3) is 3.10. The van der Waals surface area contributed by atoms with Crippen molar-refractivity contribution in [1.82, 2.24) is 14.8 Å². The summed E-state index contributed by atoms with van der Waals surface area (Å²) in [5.41, 5.74) is 5.57. The van der Waals surface area contributed by atoms with Crippen LogP contribution in [0.25, 0.3) is 0 Å². The summed E-state index contributed by atoms with van der Waals surface area (Å²) in [6.45, 7) is 6.03. The van der Waals surface area contributed by atoms with Gasteiger partial charge >= 0.3 is 0 Å². The summed E-state index contributed by atoms with van der Waals surface area (Å²) >= 11 is 0. The van der Waals surface area contributed by atoms with E-state index in [-0.39, 0.29) is 0 Å². The summed E-state index contributed by atoms with van der Waals surface area (Å²) < 4.78 is 1.99. The number of rotatable bonds is 6. The molecular weight excluding hydrogens is 176 g/mol. The van der Waals surface area contributed by atoms with Gasteiger partial charge in [-0.25, -0.2) is 4.98 Å². The maximum Gasteiger partial charge on any atom is 0.138 e. The fourth-order valence-corrected chi connectivity index (χ4v) is 1.37. The first-order valence-electron chi connectivity index (χ1n) is 5.34. The molecule has 0 saturated carbocycles. The summed E-state index contributed by atoms with van der Waals surface area (Å²) in [4.78, 5) is 4.25. The SMILES string of the molecule is CCCn1ncnc1CCC(C)CN. The molecule has 0 aliphatic carbocycles. The van der Waals surface area contributed by atoms with E-state index in [1.165, 1.54) is 0 Å². The van der Waals surface area contributed by atoms with Crippen LogP contribution in [0.4, 0.5) is 0 Å². The van der Waals surface area contributed by atoms with Crippen molar-refractivity contribution >= 4 is 0 Å². The highest BCUT2D eigenvalue weighted by Gasteiger charge is 2.05. The summed E-state index contributed by atoms with van der Waals surface area (Å²) in [6, 6.07) is 0. The van der Waals surface area contributed by atoms with Crippen molar-refractivity contribution in [2.45, 2.75) is 39.7 Å². The van der Waals surface area contributed by atoms with E-state index < -0.39 is 0 Å². The lowest BCUT2D eigenvalue weighted by molar-refractivity contribution is 0.505. The molecule has 4 heteroatoms. The third-order valence-corrected chi connectivity index (χ3v) is 2.39. The molecule has 0 aliphatic heterocycles. The van der Waals surface area contributed by atoms with Gasteiger partial charge in [0.25, 0.3) is 0 Å². The summed E-state index contributed by atoms with van der Waals surface area (Å²) in [5.74, 6) is 1.66. The van der Waals surface area contributed by atoms with Gasteiger partial charge in [-0.3, -0.25) is 4.68 Å². The number of hydrogen-bond donors (Lipinski definition) is 1. The highest BCUT2D eigenvalue weighted by molar-refractivity contribution is 4.85. The van der Waals surface area contributed by atoms with E-state index in [0.717, 1.165) is 38.2 Å². The molecule has 14 heavy (non-hydrogen) atoms. The van der Waals surface area contributed by atoms with Crippen molar-refractivity contribution in [3.05, 3.63) is 12.2 Å². The van der Waals surface area contributed by atoms with Crippen LogP contribution in [-0.4, -0.2) is 21.3 Å². The van der Waals surface area contributed by atoms with E-state index in [9.17, 15) is 0 Å². The van der Waals surface area contributed by atoms with E-state index in [1.807, 2.05) is 4.68 Å². The second-order valence-corrected chi connectivity index (χ2v) is 3.78. The number of nitrogens with zero attached hydrogens (tertiary/aromatic N) is 3. The molecule has 0 fully saturated rings. The fraction of sp³-hybridized carbons (Fsp3) is 0.800. The molecule has 0 radical (unpaired) electrons. The smallest absolute Gasteiger partial charge is 0.138 e. The molecule has 1 atom stereocenters. The second-order valence-electron chi connectivity index (χ2n) is 3.78. The highest BCUT2D eigenvalue weighted by Crippen LogP contribution is 2.06. The molecule has 1 rings (SSSR count). The fourth-order valence-electron chi connectivity index (χ4n) is 1.37. The Hall–Kier alpha value is -0.900.